The van der Waals surface area contributed by atoms with Crippen molar-refractivity contribution in [2.24, 2.45) is 38.7 Å². The third-order valence-electron chi connectivity index (χ3n) is 10.6. The fourth-order valence-corrected chi connectivity index (χ4v) is 7.19. The van der Waals surface area contributed by atoms with Crippen molar-refractivity contribution in [2.45, 2.75) is 130 Å². The Kier molecular flexibility index (Phi) is 19.6. The molecule has 5 amide bonds. The Morgan fingerprint density at radius 1 is 0.902 bits per heavy atom. The van der Waals surface area contributed by atoms with Crippen LogP contribution in [0.2, 0.25) is 0 Å². The second-order valence-corrected chi connectivity index (χ2v) is 17.4. The fraction of sp³-hybridized carbons (Fsp3) is 0.667. The van der Waals surface area contributed by atoms with E-state index in [9.17, 15) is 39.0 Å². The summed E-state index contributed by atoms with van der Waals surface area (Å²) in [6, 6.07) is 0.502. The van der Waals surface area contributed by atoms with Gasteiger partial charge in [-0.3, -0.25) is 34.0 Å². The number of carboxylic acid groups (broad SMARTS) is 1. The number of nitrogens with zero attached hydrogens (tertiary/aromatic N) is 3. The van der Waals surface area contributed by atoms with Gasteiger partial charge in [0.1, 0.15) is 36.0 Å². The van der Waals surface area contributed by atoms with E-state index < -0.39 is 71.1 Å². The number of guanidine groups is 2. The molecule has 0 radical (unpaired) electrons. The van der Waals surface area contributed by atoms with Crippen molar-refractivity contribution in [3.05, 3.63) is 29.8 Å². The molecule has 1 saturated heterocycles. The number of rotatable bonds is 22. The van der Waals surface area contributed by atoms with E-state index in [1.807, 2.05) is 13.8 Å². The Labute approximate surface area is 359 Å². The molecule has 1 aromatic carbocycles. The van der Waals surface area contributed by atoms with Crippen LogP contribution in [0.1, 0.15) is 98.5 Å². The molecule has 12 N–H and O–H groups in total. The second-order valence-electron chi connectivity index (χ2n) is 17.4. The molecule has 0 unspecified atom stereocenters. The molecule has 2 heterocycles. The third kappa shape index (κ3) is 16.7. The molecule has 1 fully saturated rings. The van der Waals surface area contributed by atoms with Crippen molar-refractivity contribution in [3.63, 3.8) is 0 Å². The van der Waals surface area contributed by atoms with Gasteiger partial charge in [0, 0.05) is 45.1 Å². The topological polar surface area (TPSA) is 295 Å². The lowest BCUT2D eigenvalue weighted by Crippen LogP contribution is -2.61. The highest BCUT2D eigenvalue weighted by Crippen LogP contribution is 2.23. The highest BCUT2D eigenvalue weighted by Gasteiger charge is 2.41. The van der Waals surface area contributed by atoms with E-state index in [2.05, 4.69) is 41.9 Å². The number of nitrogens with two attached hydrogens (primary N) is 2. The van der Waals surface area contributed by atoms with E-state index >= 15 is 0 Å². The van der Waals surface area contributed by atoms with Crippen molar-refractivity contribution >= 4 is 47.4 Å². The van der Waals surface area contributed by atoms with E-state index in [4.69, 9.17) is 11.5 Å². The number of nitrogens with one attached hydrogen (secondary N) is 6. The predicted octanol–water partition coefficient (Wildman–Crippen LogP) is 0.451. The summed E-state index contributed by atoms with van der Waals surface area (Å²) in [6.45, 7) is 13.3. The maximum atomic E-state index is 14.3. The third-order valence-corrected chi connectivity index (χ3v) is 10.6. The molecule has 0 bridgehead atoms. The van der Waals surface area contributed by atoms with Crippen LogP contribution in [0, 0.1) is 17.3 Å². The van der Waals surface area contributed by atoms with Gasteiger partial charge in [-0.05, 0) is 80.4 Å². The number of aromatic hydroxyl groups is 1. The fourth-order valence-electron chi connectivity index (χ4n) is 7.19. The summed E-state index contributed by atoms with van der Waals surface area (Å²) in [5, 5.41) is 37.2. The molecule has 19 heteroatoms. The van der Waals surface area contributed by atoms with Gasteiger partial charge in [0.15, 0.2) is 11.9 Å². The molecule has 1 aromatic rings. The SMILES string of the molecule is CC(C)C[C@H](NC(=O)[C@@H](NC(=O)[C@H](Cc1ccc(O)cc1)NC(=O)[C@@H]1CCCN1C(=O)[C@H](CCCN=C(N)N)NC(=O)[C@@H](C)CCCNC1=NCCCN1)C(C)(C)C)C(=O)O. The van der Waals surface area contributed by atoms with Gasteiger partial charge in [0.25, 0.3) is 0 Å². The van der Waals surface area contributed by atoms with Crippen molar-refractivity contribution in [2.75, 3.05) is 32.7 Å². The van der Waals surface area contributed by atoms with Crippen LogP contribution in [0.15, 0.2) is 34.3 Å². The second kappa shape index (κ2) is 24.0. The van der Waals surface area contributed by atoms with Gasteiger partial charge < -0.3 is 58.5 Å². The molecule has 2 aliphatic rings. The van der Waals surface area contributed by atoms with Crippen molar-refractivity contribution < 1.29 is 39.0 Å². The van der Waals surface area contributed by atoms with Crippen LogP contribution in [0.5, 0.6) is 5.75 Å². The summed E-state index contributed by atoms with van der Waals surface area (Å²) in [4.78, 5) is 91.6. The largest absolute Gasteiger partial charge is 0.508 e. The smallest absolute Gasteiger partial charge is 0.326 e. The molecule has 19 nitrogen and oxygen atoms in total. The molecule has 6 atom stereocenters. The van der Waals surface area contributed by atoms with E-state index in [0.29, 0.717) is 44.2 Å². The van der Waals surface area contributed by atoms with Crippen molar-refractivity contribution in [1.29, 1.82) is 0 Å². The summed E-state index contributed by atoms with van der Waals surface area (Å²) in [6.07, 6.45) is 3.71. The van der Waals surface area contributed by atoms with Gasteiger partial charge in [-0.1, -0.05) is 53.7 Å². The molecule has 2 aliphatic heterocycles. The van der Waals surface area contributed by atoms with Gasteiger partial charge >= 0.3 is 5.97 Å². The standard InChI is InChI=1S/C42H69N11O8/c1-25(2)23-31(39(60)61)51-37(58)33(42(4,5)6)52-35(56)30(24-27-14-16-28(54)17-15-27)50-36(57)32-13-9-22-53(32)38(59)29(12-8-18-45-40(43)44)49-34(55)26(3)11-7-19-46-41-47-20-10-21-48-41/h14-17,25-26,29-33,54H,7-13,18-24H2,1-6H3,(H,49,55)(H,50,57)(H,51,58)(H,52,56)(H,60,61)(H4,43,44,45)(H2,46,47,48)/t26-,29-,30-,31-,32-,33+/m0/s1. The Morgan fingerprint density at radius 2 is 1.59 bits per heavy atom. The minimum Gasteiger partial charge on any atom is -0.508 e. The number of likely N-dealkylation sites (tertiary alicyclic amines) is 1. The highest BCUT2D eigenvalue weighted by molar-refractivity contribution is 5.96. The Bertz CT molecular complexity index is 1710. The average molecular weight is 856 g/mol. The van der Waals surface area contributed by atoms with Crippen LogP contribution in [0.3, 0.4) is 0 Å². The first-order chi connectivity index (χ1) is 28.8. The Balaban J connectivity index is 1.80. The molecule has 0 aromatic heterocycles. The number of aliphatic carboxylic acids is 1. The van der Waals surface area contributed by atoms with Crippen LogP contribution < -0.4 is 43.4 Å². The number of hydrogen-bond donors (Lipinski definition) is 10. The van der Waals surface area contributed by atoms with Crippen LogP contribution in [-0.4, -0.2) is 125 Å². The summed E-state index contributed by atoms with van der Waals surface area (Å²) in [7, 11) is 0. The maximum Gasteiger partial charge on any atom is 0.326 e. The number of aliphatic imine (C=N–C) groups is 2. The number of amides is 5. The Hall–Kier alpha value is -5.62. The van der Waals surface area contributed by atoms with Gasteiger partial charge in [-0.15, -0.1) is 0 Å². The number of phenols is 1. The van der Waals surface area contributed by atoms with Crippen LogP contribution in [-0.2, 0) is 35.2 Å². The van der Waals surface area contributed by atoms with Crippen molar-refractivity contribution in [3.8, 4) is 5.75 Å². The van der Waals surface area contributed by atoms with Crippen molar-refractivity contribution in [1.82, 2.24) is 36.8 Å². The van der Waals surface area contributed by atoms with Gasteiger partial charge in [0.2, 0.25) is 29.5 Å². The minimum atomic E-state index is -1.25. The van der Waals surface area contributed by atoms with Crippen LogP contribution in [0.25, 0.3) is 0 Å². The summed E-state index contributed by atoms with van der Waals surface area (Å²) in [5.41, 5.74) is 10.7. The monoisotopic (exact) mass is 856 g/mol. The van der Waals surface area contributed by atoms with Crippen LogP contribution >= 0.6 is 0 Å². The lowest BCUT2D eigenvalue weighted by Gasteiger charge is -2.33. The molecule has 340 valence electrons. The predicted molar refractivity (Wildman–Crippen MR) is 232 cm³/mol. The summed E-state index contributed by atoms with van der Waals surface area (Å²) >= 11 is 0. The van der Waals surface area contributed by atoms with E-state index in [1.54, 1.807) is 39.8 Å². The first-order valence-corrected chi connectivity index (χ1v) is 21.4. The Morgan fingerprint density at radius 3 is 2.20 bits per heavy atom. The zero-order valence-electron chi connectivity index (χ0n) is 36.6. The zero-order valence-corrected chi connectivity index (χ0v) is 36.6. The molecule has 0 saturated carbocycles. The number of phenolic OH excluding ortho intramolecular Hbond substituents is 1. The molecule has 3 rings (SSSR count). The zero-order chi connectivity index (χ0) is 45.3. The number of benzene rings is 1. The first kappa shape index (κ1) is 49.7. The normalized spacial score (nSPS) is 17.7. The quantitative estimate of drug-likeness (QED) is 0.0432. The van der Waals surface area contributed by atoms with E-state index in [-0.39, 0.29) is 55.9 Å². The lowest BCUT2D eigenvalue weighted by molar-refractivity contribution is -0.144. The minimum absolute atomic E-state index is 0.00160. The number of carboxylic acids is 1. The van der Waals surface area contributed by atoms with Gasteiger partial charge in [-0.2, -0.15) is 0 Å². The number of carbonyl (C=O) groups excluding carboxylic acids is 5. The van der Waals surface area contributed by atoms with Crippen LogP contribution in [0.4, 0.5) is 0 Å². The molecule has 61 heavy (non-hydrogen) atoms. The van der Waals surface area contributed by atoms with Gasteiger partial charge in [0.05, 0.1) is 0 Å². The molecular weight excluding hydrogens is 787 g/mol. The average Bonchev–Trinajstić information content (AvgIpc) is 3.69. The molecule has 0 spiro atoms. The summed E-state index contributed by atoms with van der Waals surface area (Å²) in [5.74, 6) is -3.78. The number of carbonyl (C=O) groups is 6. The summed E-state index contributed by atoms with van der Waals surface area (Å²) < 4.78 is 0. The molecular formula is C42H69N11O8. The van der Waals surface area contributed by atoms with E-state index in [1.165, 1.54) is 17.0 Å². The van der Waals surface area contributed by atoms with E-state index in [0.717, 1.165) is 25.5 Å². The number of hydrogen-bond acceptors (Lipinski definition) is 11. The molecule has 0 aliphatic carbocycles. The lowest BCUT2D eigenvalue weighted by atomic mass is 9.85. The maximum absolute atomic E-state index is 14.3. The van der Waals surface area contributed by atoms with Gasteiger partial charge in [-0.25, -0.2) is 4.79 Å². The first-order valence-electron chi connectivity index (χ1n) is 21.4. The highest BCUT2D eigenvalue weighted by atomic mass is 16.4.